The summed E-state index contributed by atoms with van der Waals surface area (Å²) in [6.45, 7) is 12.4. The van der Waals surface area contributed by atoms with Crippen molar-refractivity contribution in [2.75, 3.05) is 39.3 Å². The molecule has 0 radical (unpaired) electrons. The predicted molar refractivity (Wildman–Crippen MR) is 95.6 cm³/mol. The number of hydrogen-bond donors (Lipinski definition) is 1. The summed E-state index contributed by atoms with van der Waals surface area (Å²) in [5.41, 5.74) is 0.384. The zero-order valence-electron chi connectivity index (χ0n) is 15.2. The summed E-state index contributed by atoms with van der Waals surface area (Å²) in [6.07, 6.45) is 6.31. The van der Waals surface area contributed by atoms with Gasteiger partial charge in [-0.15, -0.1) is 0 Å². The number of nitrogens with zero attached hydrogens (tertiary/aromatic N) is 3. The molecule has 0 aliphatic carbocycles. The average Bonchev–Trinajstić information content (AvgIpc) is 2.74. The Morgan fingerprint density at radius 3 is 2.78 bits per heavy atom. The fraction of sp³-hybridized carbons (Fsp3) is 0.889. The van der Waals surface area contributed by atoms with Crippen LogP contribution in [0.4, 0.5) is 0 Å². The van der Waals surface area contributed by atoms with Crippen LogP contribution >= 0.6 is 0 Å². The van der Waals surface area contributed by atoms with Crippen molar-refractivity contribution in [3.63, 3.8) is 0 Å². The van der Waals surface area contributed by atoms with E-state index in [0.717, 1.165) is 70.9 Å². The third kappa shape index (κ3) is 5.70. The summed E-state index contributed by atoms with van der Waals surface area (Å²) in [6, 6.07) is 0. The molecule has 5 nitrogen and oxygen atoms in total. The van der Waals surface area contributed by atoms with E-state index in [1.54, 1.807) is 0 Å². The SMILES string of the molecule is CCNC(=NCCCN1CCCCCC1=O)N1CCC(C)(C)C1. The maximum Gasteiger partial charge on any atom is 0.222 e. The van der Waals surface area contributed by atoms with Crippen LogP contribution in [0.2, 0.25) is 0 Å². The van der Waals surface area contributed by atoms with Gasteiger partial charge in [0.1, 0.15) is 0 Å². The van der Waals surface area contributed by atoms with E-state index in [2.05, 4.69) is 31.0 Å². The van der Waals surface area contributed by atoms with Crippen molar-refractivity contribution >= 4 is 11.9 Å². The Morgan fingerprint density at radius 2 is 2.09 bits per heavy atom. The lowest BCUT2D eigenvalue weighted by Gasteiger charge is -2.24. The van der Waals surface area contributed by atoms with E-state index in [-0.39, 0.29) is 0 Å². The molecule has 0 saturated carbocycles. The van der Waals surface area contributed by atoms with Crippen LogP contribution in [0.25, 0.3) is 0 Å². The fourth-order valence-corrected chi connectivity index (χ4v) is 3.44. The van der Waals surface area contributed by atoms with Gasteiger partial charge in [0, 0.05) is 45.7 Å². The van der Waals surface area contributed by atoms with Crippen LogP contribution in [0, 0.1) is 5.41 Å². The van der Waals surface area contributed by atoms with Gasteiger partial charge in [-0.3, -0.25) is 9.79 Å². The van der Waals surface area contributed by atoms with Crippen molar-refractivity contribution in [2.45, 2.75) is 59.3 Å². The summed E-state index contributed by atoms with van der Waals surface area (Å²) in [5.74, 6) is 1.37. The molecule has 2 aliphatic rings. The first-order valence-corrected chi connectivity index (χ1v) is 9.33. The molecule has 2 heterocycles. The molecule has 2 saturated heterocycles. The highest BCUT2D eigenvalue weighted by atomic mass is 16.2. The molecular formula is C18H34N4O. The molecule has 1 amide bonds. The van der Waals surface area contributed by atoms with Gasteiger partial charge in [-0.05, 0) is 38.0 Å². The van der Waals surface area contributed by atoms with Gasteiger partial charge in [0.25, 0.3) is 0 Å². The normalized spacial score (nSPS) is 22.4. The summed E-state index contributed by atoms with van der Waals surface area (Å²) >= 11 is 0. The molecule has 0 aromatic rings. The second-order valence-electron chi connectivity index (χ2n) is 7.62. The number of guanidine groups is 1. The van der Waals surface area contributed by atoms with Gasteiger partial charge in [-0.1, -0.05) is 20.3 Å². The van der Waals surface area contributed by atoms with Crippen LogP contribution in [0.3, 0.4) is 0 Å². The number of carbonyl (C=O) groups excluding carboxylic acids is 1. The maximum absolute atomic E-state index is 12.0. The molecule has 0 aromatic heterocycles. The minimum Gasteiger partial charge on any atom is -0.357 e. The molecular weight excluding hydrogens is 288 g/mol. The summed E-state index contributed by atoms with van der Waals surface area (Å²) in [5, 5.41) is 3.41. The van der Waals surface area contributed by atoms with Crippen LogP contribution < -0.4 is 5.32 Å². The molecule has 2 aliphatic heterocycles. The molecule has 1 N–H and O–H groups in total. The number of likely N-dealkylation sites (tertiary alicyclic amines) is 2. The molecule has 132 valence electrons. The molecule has 23 heavy (non-hydrogen) atoms. The third-order valence-corrected chi connectivity index (χ3v) is 4.83. The average molecular weight is 322 g/mol. The maximum atomic E-state index is 12.0. The van der Waals surface area contributed by atoms with Gasteiger partial charge >= 0.3 is 0 Å². The number of nitrogens with one attached hydrogen (secondary N) is 1. The zero-order chi connectivity index (χ0) is 16.7. The van der Waals surface area contributed by atoms with E-state index >= 15 is 0 Å². The topological polar surface area (TPSA) is 47.9 Å². The number of aliphatic imine (C=N–C) groups is 1. The highest BCUT2D eigenvalue weighted by Crippen LogP contribution is 2.28. The molecule has 5 heteroatoms. The predicted octanol–water partition coefficient (Wildman–Crippen LogP) is 2.48. The Kier molecular flexibility index (Phi) is 6.72. The molecule has 0 unspecified atom stereocenters. The first-order chi connectivity index (χ1) is 11.0. The van der Waals surface area contributed by atoms with Gasteiger partial charge in [0.2, 0.25) is 5.91 Å². The summed E-state index contributed by atoms with van der Waals surface area (Å²) in [4.78, 5) is 21.2. The fourth-order valence-electron chi connectivity index (χ4n) is 3.44. The Balaban J connectivity index is 1.80. The van der Waals surface area contributed by atoms with E-state index in [4.69, 9.17) is 4.99 Å². The number of carbonyl (C=O) groups is 1. The molecule has 0 bridgehead atoms. The lowest BCUT2D eigenvalue weighted by Crippen LogP contribution is -2.41. The van der Waals surface area contributed by atoms with Crippen LogP contribution in [-0.2, 0) is 4.79 Å². The van der Waals surface area contributed by atoms with Crippen LogP contribution in [-0.4, -0.2) is 60.9 Å². The van der Waals surface area contributed by atoms with E-state index in [9.17, 15) is 4.79 Å². The van der Waals surface area contributed by atoms with Crippen molar-refractivity contribution in [3.8, 4) is 0 Å². The Labute approximate surface area is 141 Å². The lowest BCUT2D eigenvalue weighted by molar-refractivity contribution is -0.130. The van der Waals surface area contributed by atoms with Crippen molar-refractivity contribution in [1.82, 2.24) is 15.1 Å². The van der Waals surface area contributed by atoms with E-state index < -0.39 is 0 Å². The highest BCUT2D eigenvalue weighted by molar-refractivity contribution is 5.80. The lowest BCUT2D eigenvalue weighted by atomic mass is 9.93. The van der Waals surface area contributed by atoms with Crippen molar-refractivity contribution in [3.05, 3.63) is 0 Å². The van der Waals surface area contributed by atoms with Gasteiger partial charge in [0.15, 0.2) is 5.96 Å². The molecule has 0 spiro atoms. The van der Waals surface area contributed by atoms with Crippen molar-refractivity contribution in [2.24, 2.45) is 10.4 Å². The largest absolute Gasteiger partial charge is 0.357 e. The smallest absolute Gasteiger partial charge is 0.222 e. The van der Waals surface area contributed by atoms with Crippen LogP contribution in [0.15, 0.2) is 4.99 Å². The van der Waals surface area contributed by atoms with Gasteiger partial charge < -0.3 is 15.1 Å². The molecule has 2 fully saturated rings. The summed E-state index contributed by atoms with van der Waals surface area (Å²) in [7, 11) is 0. The Bertz CT molecular complexity index is 419. The number of hydrogen-bond acceptors (Lipinski definition) is 2. The second kappa shape index (κ2) is 8.55. The van der Waals surface area contributed by atoms with Crippen LogP contribution in [0.1, 0.15) is 59.3 Å². The molecule has 2 rings (SSSR count). The quantitative estimate of drug-likeness (QED) is 0.480. The van der Waals surface area contributed by atoms with E-state index in [1.165, 1.54) is 12.8 Å². The number of amides is 1. The third-order valence-electron chi connectivity index (χ3n) is 4.83. The van der Waals surface area contributed by atoms with Gasteiger partial charge in [-0.2, -0.15) is 0 Å². The zero-order valence-corrected chi connectivity index (χ0v) is 15.2. The van der Waals surface area contributed by atoms with Gasteiger partial charge in [0.05, 0.1) is 0 Å². The molecule has 0 atom stereocenters. The van der Waals surface area contributed by atoms with E-state index in [0.29, 0.717) is 11.3 Å². The van der Waals surface area contributed by atoms with E-state index in [1.807, 2.05) is 4.90 Å². The van der Waals surface area contributed by atoms with Crippen molar-refractivity contribution in [1.29, 1.82) is 0 Å². The Hall–Kier alpha value is -1.26. The standard InChI is InChI=1S/C18H34N4O/c1-4-19-17(22-14-10-18(2,3)15-22)20-11-8-13-21-12-7-5-6-9-16(21)23/h4-15H2,1-3H3,(H,19,20). The minimum atomic E-state index is 0.333. The summed E-state index contributed by atoms with van der Waals surface area (Å²) < 4.78 is 0. The second-order valence-corrected chi connectivity index (χ2v) is 7.62. The van der Waals surface area contributed by atoms with Crippen LogP contribution in [0.5, 0.6) is 0 Å². The Morgan fingerprint density at radius 1 is 1.26 bits per heavy atom. The minimum absolute atomic E-state index is 0.333. The number of rotatable bonds is 5. The molecule has 0 aromatic carbocycles. The first kappa shape index (κ1) is 18.1. The highest BCUT2D eigenvalue weighted by Gasteiger charge is 2.30. The first-order valence-electron chi connectivity index (χ1n) is 9.33. The van der Waals surface area contributed by atoms with Gasteiger partial charge in [-0.25, -0.2) is 0 Å². The van der Waals surface area contributed by atoms with Crippen molar-refractivity contribution < 1.29 is 4.79 Å². The monoisotopic (exact) mass is 322 g/mol.